The molecule has 2 aliphatic rings. The second kappa shape index (κ2) is 7.78. The zero-order valence-electron chi connectivity index (χ0n) is 15.0. The summed E-state index contributed by atoms with van der Waals surface area (Å²) in [5.74, 6) is -2.19. The molecule has 2 atom stereocenters. The average molecular weight is 398 g/mol. The number of aromatic amines is 1. The Labute approximate surface area is 158 Å². The van der Waals surface area contributed by atoms with Gasteiger partial charge in [0.05, 0.1) is 0 Å². The summed E-state index contributed by atoms with van der Waals surface area (Å²) in [7, 11) is 0. The maximum absolute atomic E-state index is 12.2. The van der Waals surface area contributed by atoms with Crippen LogP contribution >= 0.6 is 0 Å². The van der Waals surface area contributed by atoms with Gasteiger partial charge in [0.15, 0.2) is 0 Å². The van der Waals surface area contributed by atoms with Gasteiger partial charge in [0, 0.05) is 35.4 Å². The summed E-state index contributed by atoms with van der Waals surface area (Å²) >= 11 is 0. The highest BCUT2D eigenvalue weighted by Crippen LogP contribution is 2.48. The number of aliphatic carboxylic acids is 1. The number of carbonyl (C=O) groups is 2. The number of nitrogens with zero attached hydrogens (tertiary/aromatic N) is 1. The summed E-state index contributed by atoms with van der Waals surface area (Å²) < 4.78 is 31.7. The topological polar surface area (TPSA) is 107 Å². The van der Waals surface area contributed by atoms with Gasteiger partial charge in [-0.05, 0) is 43.9 Å². The second-order valence-electron chi connectivity index (χ2n) is 7.10. The number of halogens is 3. The van der Waals surface area contributed by atoms with Crippen molar-refractivity contribution in [3.63, 3.8) is 0 Å². The first-order valence-corrected chi connectivity index (χ1v) is 8.97. The number of carboxylic acids is 1. The van der Waals surface area contributed by atoms with Crippen LogP contribution in [0, 0.1) is 5.92 Å². The maximum atomic E-state index is 12.2. The number of alkyl halides is 3. The molecule has 4 rings (SSSR count). The van der Waals surface area contributed by atoms with Crippen LogP contribution in [0.5, 0.6) is 0 Å². The molecule has 1 amide bonds. The maximum Gasteiger partial charge on any atom is 0.490 e. The summed E-state index contributed by atoms with van der Waals surface area (Å²) in [5, 5.41) is 14.8. The largest absolute Gasteiger partial charge is 0.490 e. The first kappa shape index (κ1) is 20.1. The standard InChI is InChI=1S/C16H20N4O.C2HF3O2/c21-15(14-7-11-9-17-6-3-13(11)20-14)18-10-12-8-16(12)4-1-2-5-19-16;3-2(4,5)1(6)7/h3,6-7,9,12,19-20H,1-2,4-5,8,10H2,(H,18,21);(H,6,7). The van der Waals surface area contributed by atoms with Gasteiger partial charge in [0.25, 0.3) is 5.91 Å². The summed E-state index contributed by atoms with van der Waals surface area (Å²) in [5.41, 5.74) is 1.90. The van der Waals surface area contributed by atoms with E-state index in [9.17, 15) is 18.0 Å². The number of nitrogens with one attached hydrogen (secondary N) is 3. The van der Waals surface area contributed by atoms with Gasteiger partial charge in [-0.3, -0.25) is 9.78 Å². The number of hydrogen-bond donors (Lipinski definition) is 4. The normalized spacial score (nSPS) is 23.8. The highest BCUT2D eigenvalue weighted by Gasteiger charge is 2.53. The molecule has 152 valence electrons. The van der Waals surface area contributed by atoms with Crippen molar-refractivity contribution in [2.24, 2.45) is 5.92 Å². The fraction of sp³-hybridized carbons (Fsp3) is 0.500. The van der Waals surface area contributed by atoms with Crippen molar-refractivity contribution in [2.75, 3.05) is 13.1 Å². The van der Waals surface area contributed by atoms with Gasteiger partial charge in [-0.15, -0.1) is 0 Å². The van der Waals surface area contributed by atoms with E-state index >= 15 is 0 Å². The number of pyridine rings is 1. The monoisotopic (exact) mass is 398 g/mol. The second-order valence-corrected chi connectivity index (χ2v) is 7.10. The van der Waals surface area contributed by atoms with Gasteiger partial charge in [0.2, 0.25) is 0 Å². The Morgan fingerprint density at radius 3 is 2.71 bits per heavy atom. The van der Waals surface area contributed by atoms with Crippen molar-refractivity contribution in [1.29, 1.82) is 0 Å². The molecular weight excluding hydrogens is 377 g/mol. The Hall–Kier alpha value is -2.62. The SMILES string of the molecule is O=C(NCC1CC12CCCCN2)c1cc2cnccc2[nH]1.O=C(O)C(F)(F)F. The highest BCUT2D eigenvalue weighted by molar-refractivity contribution is 5.97. The van der Waals surface area contributed by atoms with Gasteiger partial charge in [-0.1, -0.05) is 6.42 Å². The van der Waals surface area contributed by atoms with E-state index in [-0.39, 0.29) is 5.91 Å². The lowest BCUT2D eigenvalue weighted by Gasteiger charge is -2.24. The van der Waals surface area contributed by atoms with Crippen LogP contribution in [0.2, 0.25) is 0 Å². The minimum Gasteiger partial charge on any atom is -0.475 e. The molecule has 0 aromatic carbocycles. The predicted octanol–water partition coefficient (Wildman–Crippen LogP) is 2.46. The van der Waals surface area contributed by atoms with Gasteiger partial charge in [-0.2, -0.15) is 13.2 Å². The van der Waals surface area contributed by atoms with Crippen LogP contribution in [0.1, 0.15) is 36.2 Å². The van der Waals surface area contributed by atoms with Gasteiger partial charge in [-0.25, -0.2) is 4.79 Å². The number of amides is 1. The summed E-state index contributed by atoms with van der Waals surface area (Å²) in [6, 6.07) is 3.74. The van der Waals surface area contributed by atoms with Crippen LogP contribution in [0.4, 0.5) is 13.2 Å². The first-order valence-electron chi connectivity index (χ1n) is 8.97. The van der Waals surface area contributed by atoms with E-state index in [0.29, 0.717) is 17.2 Å². The predicted molar refractivity (Wildman–Crippen MR) is 94.8 cm³/mol. The van der Waals surface area contributed by atoms with Crippen molar-refractivity contribution < 1.29 is 27.9 Å². The Morgan fingerprint density at radius 2 is 2.11 bits per heavy atom. The molecular formula is C18H21F3N4O3. The molecule has 1 aliphatic carbocycles. The van der Waals surface area contributed by atoms with Crippen LogP contribution in [0.3, 0.4) is 0 Å². The average Bonchev–Trinajstić information content (AvgIpc) is 3.12. The van der Waals surface area contributed by atoms with Crippen LogP contribution in [-0.2, 0) is 4.79 Å². The third kappa shape index (κ3) is 4.61. The first-order chi connectivity index (χ1) is 13.2. The Kier molecular flexibility index (Phi) is 5.59. The molecule has 3 heterocycles. The molecule has 1 aliphatic heterocycles. The molecule has 10 heteroatoms. The molecule has 0 radical (unpaired) electrons. The minimum absolute atomic E-state index is 0.0240. The zero-order chi connectivity index (χ0) is 20.4. The van der Waals surface area contributed by atoms with Gasteiger partial charge >= 0.3 is 12.1 Å². The molecule has 7 nitrogen and oxygen atoms in total. The van der Waals surface area contributed by atoms with Crippen LogP contribution in [-0.4, -0.2) is 51.8 Å². The summed E-state index contributed by atoms with van der Waals surface area (Å²) in [4.78, 5) is 28.3. The number of fused-ring (bicyclic) bond motifs is 1. The number of rotatable bonds is 3. The van der Waals surface area contributed by atoms with Crippen molar-refractivity contribution in [3.8, 4) is 0 Å². The molecule has 1 spiro atoms. The zero-order valence-corrected chi connectivity index (χ0v) is 15.0. The summed E-state index contributed by atoms with van der Waals surface area (Å²) in [6.45, 7) is 1.89. The number of carboxylic acid groups (broad SMARTS) is 1. The Morgan fingerprint density at radius 1 is 1.36 bits per heavy atom. The van der Waals surface area contributed by atoms with Crippen molar-refractivity contribution >= 4 is 22.8 Å². The molecule has 1 saturated carbocycles. The Balaban J connectivity index is 0.000000279. The quantitative estimate of drug-likeness (QED) is 0.635. The molecule has 28 heavy (non-hydrogen) atoms. The van der Waals surface area contributed by atoms with E-state index in [4.69, 9.17) is 9.90 Å². The van der Waals surface area contributed by atoms with E-state index in [1.165, 1.54) is 25.7 Å². The van der Waals surface area contributed by atoms with E-state index in [0.717, 1.165) is 24.0 Å². The van der Waals surface area contributed by atoms with Crippen molar-refractivity contribution in [2.45, 2.75) is 37.4 Å². The van der Waals surface area contributed by atoms with Crippen molar-refractivity contribution in [1.82, 2.24) is 20.6 Å². The molecule has 2 unspecified atom stereocenters. The number of carbonyl (C=O) groups excluding carboxylic acids is 1. The third-order valence-corrected chi connectivity index (χ3v) is 5.18. The lowest BCUT2D eigenvalue weighted by Crippen LogP contribution is -2.40. The Bertz CT molecular complexity index is 826. The van der Waals surface area contributed by atoms with Crippen LogP contribution < -0.4 is 10.6 Å². The fourth-order valence-corrected chi connectivity index (χ4v) is 3.57. The third-order valence-electron chi connectivity index (χ3n) is 5.18. The number of aromatic nitrogens is 2. The lowest BCUT2D eigenvalue weighted by molar-refractivity contribution is -0.192. The molecule has 2 aromatic heterocycles. The van der Waals surface area contributed by atoms with E-state index in [1.54, 1.807) is 12.4 Å². The van der Waals surface area contributed by atoms with E-state index < -0.39 is 12.1 Å². The highest BCUT2D eigenvalue weighted by atomic mass is 19.4. The number of piperidine rings is 1. The van der Waals surface area contributed by atoms with Gasteiger partial charge in [0.1, 0.15) is 5.69 Å². The molecule has 4 N–H and O–H groups in total. The van der Waals surface area contributed by atoms with E-state index in [2.05, 4.69) is 20.6 Å². The number of H-pyrrole nitrogens is 1. The minimum atomic E-state index is -5.08. The van der Waals surface area contributed by atoms with Crippen LogP contribution in [0.25, 0.3) is 10.9 Å². The number of hydrogen-bond acceptors (Lipinski definition) is 4. The van der Waals surface area contributed by atoms with Crippen LogP contribution in [0.15, 0.2) is 24.5 Å². The van der Waals surface area contributed by atoms with Crippen molar-refractivity contribution in [3.05, 3.63) is 30.2 Å². The van der Waals surface area contributed by atoms with Gasteiger partial charge < -0.3 is 20.7 Å². The van der Waals surface area contributed by atoms with E-state index in [1.807, 2.05) is 12.1 Å². The summed E-state index contributed by atoms with van der Waals surface area (Å²) in [6.07, 6.45) is 3.46. The fourth-order valence-electron chi connectivity index (χ4n) is 3.57. The molecule has 0 bridgehead atoms. The molecule has 2 aromatic rings. The lowest BCUT2D eigenvalue weighted by atomic mass is 10.0. The molecule has 1 saturated heterocycles. The smallest absolute Gasteiger partial charge is 0.475 e. The molecule has 2 fully saturated rings.